The fraction of sp³-hybridized carbons (Fsp3) is 0.611. The minimum Gasteiger partial charge on any atom is -0.381 e. The first-order valence-electron chi connectivity index (χ1n) is 8.80. The van der Waals surface area contributed by atoms with E-state index < -0.39 is 17.6 Å². The minimum absolute atomic E-state index is 0. The number of alkyl halides is 3. The third-order valence-corrected chi connectivity index (χ3v) is 5.96. The van der Waals surface area contributed by atoms with Crippen molar-refractivity contribution in [3.8, 4) is 0 Å². The van der Waals surface area contributed by atoms with Gasteiger partial charge in [0, 0.05) is 31.1 Å². The van der Waals surface area contributed by atoms with E-state index in [9.17, 15) is 17.6 Å². The van der Waals surface area contributed by atoms with E-state index in [1.807, 2.05) is 13.2 Å². The van der Waals surface area contributed by atoms with Crippen molar-refractivity contribution in [3.63, 3.8) is 0 Å². The van der Waals surface area contributed by atoms with Crippen molar-refractivity contribution in [1.82, 2.24) is 10.6 Å². The smallest absolute Gasteiger partial charge is 0.381 e. The van der Waals surface area contributed by atoms with Crippen molar-refractivity contribution in [2.45, 2.75) is 37.2 Å². The number of nitrogens with zero attached hydrogens (tertiary/aromatic N) is 1. The van der Waals surface area contributed by atoms with Crippen LogP contribution in [0.2, 0.25) is 0 Å². The summed E-state index contributed by atoms with van der Waals surface area (Å²) in [5, 5.41) is 6.28. The molecule has 160 valence electrons. The van der Waals surface area contributed by atoms with Crippen LogP contribution in [0.3, 0.4) is 0 Å². The van der Waals surface area contributed by atoms with Crippen LogP contribution in [0, 0.1) is 5.82 Å². The average Bonchev–Trinajstić information content (AvgIpc) is 2.64. The number of aliphatic imine (C=N–C) groups is 1. The van der Waals surface area contributed by atoms with Crippen LogP contribution in [0.5, 0.6) is 0 Å². The Bertz CT molecular complexity index is 652. The molecule has 0 spiro atoms. The van der Waals surface area contributed by atoms with Gasteiger partial charge in [0.15, 0.2) is 5.96 Å². The van der Waals surface area contributed by atoms with Gasteiger partial charge in [-0.2, -0.15) is 24.9 Å². The van der Waals surface area contributed by atoms with Crippen molar-refractivity contribution < 1.29 is 22.3 Å². The second-order valence-corrected chi connectivity index (χ2v) is 7.62. The summed E-state index contributed by atoms with van der Waals surface area (Å²) in [6.45, 7) is 4.30. The Kier molecular flexibility index (Phi) is 10.3. The van der Waals surface area contributed by atoms with E-state index in [1.54, 1.807) is 11.8 Å². The molecule has 2 rings (SSSR count). The maximum absolute atomic E-state index is 13.2. The molecule has 0 saturated carbocycles. The van der Waals surface area contributed by atoms with Crippen LogP contribution >= 0.6 is 35.7 Å². The Hall–Kier alpha value is -0.750. The number of thioether (sulfide) groups is 1. The average molecular weight is 535 g/mol. The lowest BCUT2D eigenvalue weighted by molar-refractivity contribution is -0.138. The lowest BCUT2D eigenvalue weighted by Gasteiger charge is -2.36. The van der Waals surface area contributed by atoms with Crippen molar-refractivity contribution in [3.05, 3.63) is 35.1 Å². The zero-order valence-electron chi connectivity index (χ0n) is 15.9. The van der Waals surface area contributed by atoms with Gasteiger partial charge in [0.05, 0.1) is 12.1 Å². The summed E-state index contributed by atoms with van der Waals surface area (Å²) in [5.74, 6) is -0.476. The van der Waals surface area contributed by atoms with Gasteiger partial charge >= 0.3 is 6.18 Å². The molecule has 1 heterocycles. The van der Waals surface area contributed by atoms with Crippen LogP contribution in [-0.4, -0.2) is 43.3 Å². The largest absolute Gasteiger partial charge is 0.416 e. The molecule has 10 heteroatoms. The fourth-order valence-electron chi connectivity index (χ4n) is 2.90. The van der Waals surface area contributed by atoms with Gasteiger partial charge in [-0.15, -0.1) is 24.0 Å². The Morgan fingerprint density at radius 1 is 1.25 bits per heavy atom. The van der Waals surface area contributed by atoms with Gasteiger partial charge < -0.3 is 15.4 Å². The first kappa shape index (κ1) is 25.3. The molecule has 1 aliphatic heterocycles. The summed E-state index contributed by atoms with van der Waals surface area (Å²) in [4.78, 5) is 4.27. The van der Waals surface area contributed by atoms with Gasteiger partial charge in [-0.1, -0.05) is 6.07 Å². The molecule has 28 heavy (non-hydrogen) atoms. The van der Waals surface area contributed by atoms with Crippen LogP contribution < -0.4 is 10.6 Å². The number of halogens is 5. The number of guanidine groups is 1. The van der Waals surface area contributed by atoms with Gasteiger partial charge in [-0.25, -0.2) is 9.38 Å². The van der Waals surface area contributed by atoms with E-state index >= 15 is 0 Å². The van der Waals surface area contributed by atoms with E-state index in [-0.39, 0.29) is 40.8 Å². The molecule has 0 aliphatic carbocycles. The van der Waals surface area contributed by atoms with Crippen molar-refractivity contribution >= 4 is 41.7 Å². The molecule has 0 radical (unpaired) electrons. The number of ether oxygens (including phenoxy) is 1. The lowest BCUT2D eigenvalue weighted by Crippen LogP contribution is -2.47. The predicted octanol–water partition coefficient (Wildman–Crippen LogP) is 4.43. The van der Waals surface area contributed by atoms with E-state index in [2.05, 4.69) is 15.6 Å². The Balaban J connectivity index is 0.00000392. The molecule has 1 aromatic carbocycles. The Morgan fingerprint density at radius 2 is 1.93 bits per heavy atom. The van der Waals surface area contributed by atoms with Crippen molar-refractivity contribution in [2.75, 3.05) is 32.6 Å². The highest BCUT2D eigenvalue weighted by molar-refractivity contribution is 14.0. The summed E-state index contributed by atoms with van der Waals surface area (Å²) < 4.78 is 58.0. The van der Waals surface area contributed by atoms with Gasteiger partial charge in [-0.05, 0) is 43.7 Å². The highest BCUT2D eigenvalue weighted by Crippen LogP contribution is 2.34. The number of hydrogen-bond donors (Lipinski definition) is 2. The number of nitrogens with one attached hydrogen (secondary N) is 2. The minimum atomic E-state index is -4.62. The monoisotopic (exact) mass is 535 g/mol. The van der Waals surface area contributed by atoms with E-state index in [1.165, 1.54) is 0 Å². The molecule has 1 fully saturated rings. The molecule has 1 saturated heterocycles. The molecule has 1 aromatic rings. The molecule has 0 atom stereocenters. The Morgan fingerprint density at radius 3 is 2.50 bits per heavy atom. The predicted molar refractivity (Wildman–Crippen MR) is 116 cm³/mol. The molecular weight excluding hydrogens is 509 g/mol. The summed E-state index contributed by atoms with van der Waals surface area (Å²) in [7, 11) is 0. The second kappa shape index (κ2) is 11.4. The van der Waals surface area contributed by atoms with Crippen molar-refractivity contribution in [2.24, 2.45) is 4.99 Å². The van der Waals surface area contributed by atoms with Crippen LogP contribution in [0.15, 0.2) is 23.2 Å². The molecule has 0 unspecified atom stereocenters. The first-order valence-corrected chi connectivity index (χ1v) is 10.0. The first-order chi connectivity index (χ1) is 12.8. The SMILES string of the molecule is CCNC(=NCc1ccc(F)cc1C(F)(F)F)NCC1(SC)CCOCC1.I. The molecule has 2 N–H and O–H groups in total. The third-order valence-electron chi connectivity index (χ3n) is 4.54. The number of rotatable bonds is 6. The normalized spacial score (nSPS) is 17.0. The Labute approximate surface area is 184 Å². The molecular formula is C18H26F4IN3OS. The fourth-order valence-corrected chi connectivity index (χ4v) is 3.69. The molecule has 0 bridgehead atoms. The van der Waals surface area contributed by atoms with E-state index in [4.69, 9.17) is 4.74 Å². The van der Waals surface area contributed by atoms with Gasteiger partial charge in [-0.3, -0.25) is 0 Å². The van der Waals surface area contributed by atoms with Crippen LogP contribution in [-0.2, 0) is 17.5 Å². The standard InChI is InChI=1S/C18H25F4N3OS.HI/c1-3-23-16(25-12-17(27-2)6-8-26-9-7-17)24-11-13-4-5-14(19)10-15(13)18(20,21)22;/h4-5,10H,3,6-9,11-12H2,1-2H3,(H2,23,24,25);1H. The maximum Gasteiger partial charge on any atom is 0.416 e. The summed E-state index contributed by atoms with van der Waals surface area (Å²) in [5.41, 5.74) is -1.06. The van der Waals surface area contributed by atoms with Crippen LogP contribution in [0.25, 0.3) is 0 Å². The van der Waals surface area contributed by atoms with Gasteiger partial charge in [0.25, 0.3) is 0 Å². The van der Waals surface area contributed by atoms with E-state index in [0.717, 1.165) is 25.0 Å². The zero-order valence-corrected chi connectivity index (χ0v) is 19.0. The van der Waals surface area contributed by atoms with E-state index in [0.29, 0.717) is 38.3 Å². The van der Waals surface area contributed by atoms with Crippen LogP contribution in [0.4, 0.5) is 17.6 Å². The highest BCUT2D eigenvalue weighted by Gasteiger charge is 2.34. The second-order valence-electron chi connectivity index (χ2n) is 6.35. The quantitative estimate of drug-likeness (QED) is 0.245. The maximum atomic E-state index is 13.2. The van der Waals surface area contributed by atoms with Gasteiger partial charge in [0.1, 0.15) is 5.82 Å². The number of benzene rings is 1. The van der Waals surface area contributed by atoms with Gasteiger partial charge in [0.2, 0.25) is 0 Å². The summed E-state index contributed by atoms with van der Waals surface area (Å²) in [6, 6.07) is 2.66. The van der Waals surface area contributed by atoms with Crippen LogP contribution in [0.1, 0.15) is 30.9 Å². The molecule has 0 aromatic heterocycles. The molecule has 1 aliphatic rings. The third kappa shape index (κ3) is 7.25. The topological polar surface area (TPSA) is 45.7 Å². The summed E-state index contributed by atoms with van der Waals surface area (Å²) >= 11 is 1.76. The summed E-state index contributed by atoms with van der Waals surface area (Å²) in [6.07, 6.45) is -0.775. The van der Waals surface area contributed by atoms with Crippen molar-refractivity contribution in [1.29, 1.82) is 0 Å². The highest BCUT2D eigenvalue weighted by atomic mass is 127. The number of hydrogen-bond acceptors (Lipinski definition) is 3. The lowest BCUT2D eigenvalue weighted by atomic mass is 9.99. The molecule has 4 nitrogen and oxygen atoms in total. The zero-order chi connectivity index (χ0) is 19.9. The molecule has 0 amide bonds.